The minimum absolute atomic E-state index is 0.0768. The van der Waals surface area contributed by atoms with Crippen LogP contribution in [0.25, 0.3) is 11.0 Å². The van der Waals surface area contributed by atoms with Crippen molar-refractivity contribution in [3.63, 3.8) is 0 Å². The summed E-state index contributed by atoms with van der Waals surface area (Å²) in [6.45, 7) is 5.92. The molecule has 38 heavy (non-hydrogen) atoms. The van der Waals surface area contributed by atoms with Crippen molar-refractivity contribution >= 4 is 34.5 Å². The summed E-state index contributed by atoms with van der Waals surface area (Å²) in [6, 6.07) is 15.1. The number of hydrogen-bond acceptors (Lipinski definition) is 6. The van der Waals surface area contributed by atoms with E-state index in [1.165, 1.54) is 11.1 Å². The van der Waals surface area contributed by atoms with E-state index in [1.54, 1.807) is 35.2 Å². The van der Waals surface area contributed by atoms with Gasteiger partial charge in [0.15, 0.2) is 5.78 Å². The normalized spacial score (nSPS) is 17.2. The predicted octanol–water partition coefficient (Wildman–Crippen LogP) is 3.11. The molecule has 3 aromatic rings. The molecule has 9 nitrogen and oxygen atoms in total. The fourth-order valence-electron chi connectivity index (χ4n) is 4.60. The Morgan fingerprint density at radius 3 is 2.39 bits per heavy atom. The van der Waals surface area contributed by atoms with Gasteiger partial charge < -0.3 is 15.1 Å². The summed E-state index contributed by atoms with van der Waals surface area (Å²) >= 11 is 0. The highest BCUT2D eigenvalue weighted by molar-refractivity contribution is 5.99. The summed E-state index contributed by atoms with van der Waals surface area (Å²) in [5.41, 5.74) is 1.91. The van der Waals surface area contributed by atoms with Crippen LogP contribution in [0.5, 0.6) is 0 Å². The van der Waals surface area contributed by atoms with Crippen molar-refractivity contribution in [1.82, 2.24) is 25.1 Å². The fraction of sp³-hybridized carbons (Fsp3) is 0.379. The number of nitrogens with one attached hydrogen (secondary N) is 1. The second-order valence-electron chi connectivity index (χ2n) is 10.1. The number of fused-ring (bicyclic) bond motifs is 1. The van der Waals surface area contributed by atoms with E-state index in [0.29, 0.717) is 36.0 Å². The predicted molar refractivity (Wildman–Crippen MR) is 143 cm³/mol. The van der Waals surface area contributed by atoms with E-state index >= 15 is 0 Å². The summed E-state index contributed by atoms with van der Waals surface area (Å²) in [4.78, 5) is 64.4. The van der Waals surface area contributed by atoms with E-state index in [-0.39, 0.29) is 48.3 Å². The Morgan fingerprint density at radius 2 is 1.68 bits per heavy atom. The number of para-hydroxylation sites is 2. The first-order valence-electron chi connectivity index (χ1n) is 12.9. The maximum absolute atomic E-state index is 13.6. The lowest BCUT2D eigenvalue weighted by Gasteiger charge is -2.36. The number of Topliss-reactive ketones (excluding diaryl/α,β-unsaturated/α-hetero) is 1. The molecule has 4 rings (SSSR count). The SMILES string of the molecule is CC(C)C[C@H](NC(=O)c1cnc2ccccc2n1)C(=O)N1CC[C@H](C)N(C(=O)c2ccccc2)CC(=O)C1. The van der Waals surface area contributed by atoms with Crippen LogP contribution in [0.4, 0.5) is 0 Å². The molecule has 3 amide bonds. The van der Waals surface area contributed by atoms with Gasteiger partial charge in [0, 0.05) is 18.2 Å². The van der Waals surface area contributed by atoms with Crippen LogP contribution in [0.15, 0.2) is 60.8 Å². The lowest BCUT2D eigenvalue weighted by Crippen LogP contribution is -2.54. The monoisotopic (exact) mass is 515 g/mol. The molecule has 0 radical (unpaired) electrons. The van der Waals surface area contributed by atoms with Crippen LogP contribution in [0.1, 0.15) is 54.5 Å². The average molecular weight is 516 g/mol. The van der Waals surface area contributed by atoms with E-state index in [9.17, 15) is 19.2 Å². The summed E-state index contributed by atoms with van der Waals surface area (Å²) in [5.74, 6) is -1.12. The number of ketones is 1. The van der Waals surface area contributed by atoms with Gasteiger partial charge in [0.25, 0.3) is 11.8 Å². The summed E-state index contributed by atoms with van der Waals surface area (Å²) < 4.78 is 0. The molecule has 2 heterocycles. The van der Waals surface area contributed by atoms with E-state index in [4.69, 9.17) is 0 Å². The highest BCUT2D eigenvalue weighted by atomic mass is 16.2. The van der Waals surface area contributed by atoms with Gasteiger partial charge in [-0.1, -0.05) is 44.2 Å². The van der Waals surface area contributed by atoms with Gasteiger partial charge >= 0.3 is 0 Å². The van der Waals surface area contributed by atoms with Gasteiger partial charge in [-0.25, -0.2) is 4.98 Å². The van der Waals surface area contributed by atoms with Crippen molar-refractivity contribution in [3.05, 3.63) is 72.1 Å². The smallest absolute Gasteiger partial charge is 0.272 e. The number of rotatable bonds is 6. The number of carbonyl (C=O) groups excluding carboxylic acids is 4. The second-order valence-corrected chi connectivity index (χ2v) is 10.1. The van der Waals surface area contributed by atoms with Gasteiger partial charge in [-0.15, -0.1) is 0 Å². The van der Waals surface area contributed by atoms with Crippen molar-refractivity contribution in [2.24, 2.45) is 5.92 Å². The number of carbonyl (C=O) groups is 4. The van der Waals surface area contributed by atoms with Gasteiger partial charge in [-0.3, -0.25) is 24.2 Å². The third kappa shape index (κ3) is 6.40. The summed E-state index contributed by atoms with van der Waals surface area (Å²) in [7, 11) is 0. The lowest BCUT2D eigenvalue weighted by molar-refractivity contribution is -0.138. The molecule has 1 aromatic heterocycles. The number of hydrogen-bond donors (Lipinski definition) is 1. The van der Waals surface area contributed by atoms with Crippen molar-refractivity contribution in [2.75, 3.05) is 19.6 Å². The Hall–Kier alpha value is -4.14. The molecule has 0 spiro atoms. The molecule has 0 aliphatic carbocycles. The first kappa shape index (κ1) is 26.9. The zero-order valence-corrected chi connectivity index (χ0v) is 22.0. The molecule has 9 heteroatoms. The Labute approximate surface area is 222 Å². The summed E-state index contributed by atoms with van der Waals surface area (Å²) in [6.07, 6.45) is 2.31. The largest absolute Gasteiger partial charge is 0.339 e. The molecular formula is C29H33N5O4. The summed E-state index contributed by atoms with van der Waals surface area (Å²) in [5, 5.41) is 2.83. The number of nitrogens with zero attached hydrogens (tertiary/aromatic N) is 4. The highest BCUT2D eigenvalue weighted by Crippen LogP contribution is 2.17. The number of benzene rings is 2. The van der Waals surface area contributed by atoms with Crippen LogP contribution in [0.3, 0.4) is 0 Å². The third-order valence-corrected chi connectivity index (χ3v) is 6.65. The molecule has 1 aliphatic rings. The third-order valence-electron chi connectivity index (χ3n) is 6.65. The first-order valence-corrected chi connectivity index (χ1v) is 12.9. The van der Waals surface area contributed by atoms with Crippen molar-refractivity contribution < 1.29 is 19.2 Å². The molecule has 198 valence electrons. The quantitative estimate of drug-likeness (QED) is 0.540. The van der Waals surface area contributed by atoms with E-state index in [0.717, 1.165) is 0 Å². The van der Waals surface area contributed by atoms with Crippen LogP contribution in [0, 0.1) is 5.92 Å². The zero-order chi connectivity index (χ0) is 27.2. The average Bonchev–Trinajstić information content (AvgIpc) is 2.91. The molecule has 1 fully saturated rings. The standard InChI is InChI=1S/C29H33N5O4/c1-19(2)15-25(32-27(36)26-16-30-23-11-7-8-12-24(23)31-26)29(38)33-14-13-20(3)34(18-22(35)17-33)28(37)21-9-5-4-6-10-21/h4-12,16,19-20,25H,13-15,17-18H2,1-3H3,(H,32,36)/t20-,25-/m0/s1. The molecule has 2 aromatic carbocycles. The van der Waals surface area contributed by atoms with E-state index in [1.807, 2.05) is 45.0 Å². The maximum atomic E-state index is 13.6. The van der Waals surface area contributed by atoms with Crippen LogP contribution in [-0.2, 0) is 9.59 Å². The highest BCUT2D eigenvalue weighted by Gasteiger charge is 2.33. The molecule has 1 aliphatic heterocycles. The van der Waals surface area contributed by atoms with E-state index in [2.05, 4.69) is 15.3 Å². The molecule has 0 saturated carbocycles. The topological polar surface area (TPSA) is 113 Å². The van der Waals surface area contributed by atoms with Gasteiger partial charge in [0.1, 0.15) is 11.7 Å². The first-order chi connectivity index (χ1) is 18.2. The molecule has 2 atom stereocenters. The van der Waals surface area contributed by atoms with Crippen LogP contribution in [0.2, 0.25) is 0 Å². The van der Waals surface area contributed by atoms with Gasteiger partial charge in [-0.05, 0) is 49.9 Å². The molecule has 0 unspecified atom stereocenters. The molecular weight excluding hydrogens is 482 g/mol. The van der Waals surface area contributed by atoms with Crippen molar-refractivity contribution in [2.45, 2.75) is 45.7 Å². The molecule has 0 bridgehead atoms. The van der Waals surface area contributed by atoms with Gasteiger partial charge in [0.05, 0.1) is 30.3 Å². The molecule has 1 N–H and O–H groups in total. The number of amides is 3. The second kappa shape index (κ2) is 11.9. The fourth-order valence-corrected chi connectivity index (χ4v) is 4.60. The van der Waals surface area contributed by atoms with Crippen LogP contribution >= 0.6 is 0 Å². The Bertz CT molecular complexity index is 1330. The Balaban J connectivity index is 1.47. The van der Waals surface area contributed by atoms with Crippen LogP contribution < -0.4 is 5.32 Å². The lowest BCUT2D eigenvalue weighted by atomic mass is 10.0. The van der Waals surface area contributed by atoms with Gasteiger partial charge in [-0.2, -0.15) is 0 Å². The van der Waals surface area contributed by atoms with Gasteiger partial charge in [0.2, 0.25) is 5.91 Å². The van der Waals surface area contributed by atoms with Crippen LogP contribution in [-0.4, -0.2) is 75.0 Å². The minimum atomic E-state index is -0.819. The maximum Gasteiger partial charge on any atom is 0.272 e. The van der Waals surface area contributed by atoms with Crippen molar-refractivity contribution in [1.29, 1.82) is 0 Å². The Morgan fingerprint density at radius 1 is 1.00 bits per heavy atom. The number of aromatic nitrogens is 2. The minimum Gasteiger partial charge on any atom is -0.339 e. The zero-order valence-electron chi connectivity index (χ0n) is 22.0. The van der Waals surface area contributed by atoms with Crippen molar-refractivity contribution in [3.8, 4) is 0 Å². The van der Waals surface area contributed by atoms with E-state index < -0.39 is 11.9 Å². The molecule has 1 saturated heterocycles. The Kier molecular flexibility index (Phi) is 8.45.